The Labute approximate surface area is 140 Å². The Balaban J connectivity index is 1.69. The van der Waals surface area contributed by atoms with E-state index in [0.717, 1.165) is 29.5 Å². The van der Waals surface area contributed by atoms with Gasteiger partial charge in [-0.05, 0) is 26.7 Å². The lowest BCUT2D eigenvalue weighted by atomic mass is 10.0. The van der Waals surface area contributed by atoms with Gasteiger partial charge >= 0.3 is 5.69 Å². The summed E-state index contributed by atoms with van der Waals surface area (Å²) in [6.07, 6.45) is 2.73. The summed E-state index contributed by atoms with van der Waals surface area (Å²) in [6, 6.07) is 0. The maximum atomic E-state index is 11.9. The third kappa shape index (κ3) is 3.06. The Kier molecular flexibility index (Phi) is 4.40. The molecule has 1 fully saturated rings. The van der Waals surface area contributed by atoms with E-state index in [1.807, 2.05) is 13.8 Å². The molecule has 2 aromatic rings. The third-order valence-electron chi connectivity index (χ3n) is 4.79. The number of aliphatic hydroxyl groups excluding tert-OH is 1. The predicted octanol–water partition coefficient (Wildman–Crippen LogP) is 0.492. The summed E-state index contributed by atoms with van der Waals surface area (Å²) in [5.41, 5.74) is 1.57. The van der Waals surface area contributed by atoms with E-state index in [9.17, 15) is 9.90 Å². The lowest BCUT2D eigenvalue weighted by Gasteiger charge is -2.16. The second-order valence-corrected chi connectivity index (χ2v) is 6.65. The van der Waals surface area contributed by atoms with E-state index in [2.05, 4.69) is 20.4 Å². The lowest BCUT2D eigenvalue weighted by molar-refractivity contribution is 0.137. The monoisotopic (exact) mass is 332 g/mol. The molecule has 3 rings (SSSR count). The number of aromatic nitrogens is 5. The number of nitrogens with one attached hydrogen (secondary N) is 1. The van der Waals surface area contributed by atoms with Gasteiger partial charge in [0.2, 0.25) is 0 Å². The molecule has 0 saturated heterocycles. The first-order chi connectivity index (χ1) is 11.4. The zero-order chi connectivity index (χ0) is 17.4. The standard InChI is InChI=1S/C16H24N6O2/c1-9-7-17-10(2)14(19-9)18-8-12-5-11(6-13(12)23)15-20-22(4)16(24)21(15)3/h7,11-13,23H,5-6,8H2,1-4H3,(H,18,19)/t11-,12+,13+/m0/s1. The number of aliphatic hydroxyl groups is 1. The summed E-state index contributed by atoms with van der Waals surface area (Å²) >= 11 is 0. The zero-order valence-corrected chi connectivity index (χ0v) is 14.5. The van der Waals surface area contributed by atoms with Crippen LogP contribution in [0.25, 0.3) is 0 Å². The molecule has 0 unspecified atom stereocenters. The summed E-state index contributed by atoms with van der Waals surface area (Å²) in [6.45, 7) is 4.43. The fourth-order valence-electron chi connectivity index (χ4n) is 3.40. The molecule has 3 atom stereocenters. The highest BCUT2D eigenvalue weighted by Crippen LogP contribution is 2.37. The average molecular weight is 332 g/mol. The molecule has 130 valence electrons. The predicted molar refractivity (Wildman–Crippen MR) is 89.9 cm³/mol. The minimum Gasteiger partial charge on any atom is -0.393 e. The van der Waals surface area contributed by atoms with Crippen molar-refractivity contribution >= 4 is 5.82 Å². The van der Waals surface area contributed by atoms with Crippen LogP contribution in [0.15, 0.2) is 11.0 Å². The molecule has 8 nitrogen and oxygen atoms in total. The van der Waals surface area contributed by atoms with Gasteiger partial charge < -0.3 is 10.4 Å². The molecule has 1 saturated carbocycles. The normalized spacial score (nSPS) is 23.6. The van der Waals surface area contributed by atoms with E-state index in [4.69, 9.17) is 0 Å². The van der Waals surface area contributed by atoms with Crippen LogP contribution >= 0.6 is 0 Å². The second-order valence-electron chi connectivity index (χ2n) is 6.65. The molecule has 0 bridgehead atoms. The Hall–Kier alpha value is -2.22. The highest BCUT2D eigenvalue weighted by atomic mass is 16.3. The van der Waals surface area contributed by atoms with Crippen LogP contribution in [0.4, 0.5) is 5.82 Å². The van der Waals surface area contributed by atoms with Gasteiger partial charge in [0.25, 0.3) is 0 Å². The molecule has 0 amide bonds. The van der Waals surface area contributed by atoms with Crippen LogP contribution in [0.1, 0.15) is 36.0 Å². The maximum absolute atomic E-state index is 11.9. The fourth-order valence-corrected chi connectivity index (χ4v) is 3.40. The van der Waals surface area contributed by atoms with E-state index in [0.29, 0.717) is 13.0 Å². The van der Waals surface area contributed by atoms with Gasteiger partial charge in [-0.15, -0.1) is 0 Å². The van der Waals surface area contributed by atoms with Crippen LogP contribution in [-0.4, -0.2) is 42.1 Å². The van der Waals surface area contributed by atoms with Crippen molar-refractivity contribution in [1.29, 1.82) is 0 Å². The van der Waals surface area contributed by atoms with Crippen molar-refractivity contribution in [2.45, 2.75) is 38.7 Å². The molecule has 0 aliphatic heterocycles. The zero-order valence-electron chi connectivity index (χ0n) is 14.5. The van der Waals surface area contributed by atoms with Crippen molar-refractivity contribution in [3.63, 3.8) is 0 Å². The fraction of sp³-hybridized carbons (Fsp3) is 0.625. The Morgan fingerprint density at radius 2 is 2.08 bits per heavy atom. The van der Waals surface area contributed by atoms with Crippen molar-refractivity contribution in [1.82, 2.24) is 24.3 Å². The molecule has 1 aliphatic rings. The summed E-state index contributed by atoms with van der Waals surface area (Å²) < 4.78 is 2.92. The third-order valence-corrected chi connectivity index (χ3v) is 4.79. The summed E-state index contributed by atoms with van der Waals surface area (Å²) in [5, 5.41) is 18.0. The molecule has 2 N–H and O–H groups in total. The van der Waals surface area contributed by atoms with Crippen LogP contribution in [0.2, 0.25) is 0 Å². The minimum atomic E-state index is -0.419. The van der Waals surface area contributed by atoms with Gasteiger partial charge in [0.05, 0.1) is 17.5 Å². The summed E-state index contributed by atoms with van der Waals surface area (Å²) in [7, 11) is 3.38. The van der Waals surface area contributed by atoms with Gasteiger partial charge in [-0.3, -0.25) is 9.55 Å². The van der Waals surface area contributed by atoms with Gasteiger partial charge in [0, 0.05) is 38.7 Å². The molecule has 2 aromatic heterocycles. The number of nitrogens with zero attached hydrogens (tertiary/aromatic N) is 5. The number of aryl methyl sites for hydroxylation is 3. The molecular formula is C16H24N6O2. The quantitative estimate of drug-likeness (QED) is 0.846. The number of anilines is 1. The van der Waals surface area contributed by atoms with Gasteiger partial charge in [0.1, 0.15) is 11.6 Å². The van der Waals surface area contributed by atoms with E-state index in [-0.39, 0.29) is 17.5 Å². The number of hydrogen-bond acceptors (Lipinski definition) is 6. The molecular weight excluding hydrogens is 308 g/mol. The van der Waals surface area contributed by atoms with Crippen LogP contribution in [0.5, 0.6) is 0 Å². The highest BCUT2D eigenvalue weighted by Gasteiger charge is 2.36. The van der Waals surface area contributed by atoms with E-state index in [1.54, 1.807) is 24.9 Å². The number of hydrogen-bond donors (Lipinski definition) is 2. The van der Waals surface area contributed by atoms with Crippen LogP contribution < -0.4 is 11.0 Å². The molecule has 1 aliphatic carbocycles. The maximum Gasteiger partial charge on any atom is 0.345 e. The van der Waals surface area contributed by atoms with Crippen LogP contribution in [0.3, 0.4) is 0 Å². The second kappa shape index (κ2) is 6.35. The van der Waals surface area contributed by atoms with Crippen LogP contribution in [-0.2, 0) is 14.1 Å². The van der Waals surface area contributed by atoms with E-state index < -0.39 is 6.10 Å². The van der Waals surface area contributed by atoms with Gasteiger partial charge in [-0.1, -0.05) is 0 Å². The number of rotatable bonds is 4. The molecule has 8 heteroatoms. The molecule has 24 heavy (non-hydrogen) atoms. The van der Waals surface area contributed by atoms with E-state index in [1.165, 1.54) is 4.68 Å². The molecule has 2 heterocycles. The highest BCUT2D eigenvalue weighted by molar-refractivity contribution is 5.39. The lowest BCUT2D eigenvalue weighted by Crippen LogP contribution is -2.22. The Bertz CT molecular complexity index is 796. The molecule has 0 spiro atoms. The topological polar surface area (TPSA) is 97.9 Å². The average Bonchev–Trinajstić information content (AvgIpc) is 3.03. The summed E-state index contributed by atoms with van der Waals surface area (Å²) in [5.74, 6) is 1.69. The molecule has 0 radical (unpaired) electrons. The minimum absolute atomic E-state index is 0.0915. The smallest absolute Gasteiger partial charge is 0.345 e. The summed E-state index contributed by atoms with van der Waals surface area (Å²) in [4.78, 5) is 20.6. The van der Waals surface area contributed by atoms with Gasteiger partial charge in [0.15, 0.2) is 0 Å². The van der Waals surface area contributed by atoms with Crippen molar-refractivity contribution in [3.05, 3.63) is 33.9 Å². The van der Waals surface area contributed by atoms with E-state index >= 15 is 0 Å². The first-order valence-corrected chi connectivity index (χ1v) is 8.19. The Morgan fingerprint density at radius 1 is 1.33 bits per heavy atom. The Morgan fingerprint density at radius 3 is 2.75 bits per heavy atom. The SMILES string of the molecule is Cc1cnc(C)c(NC[C@H]2C[C@H](c3nn(C)c(=O)n3C)C[C@H]2O)n1. The largest absolute Gasteiger partial charge is 0.393 e. The van der Waals surface area contributed by atoms with Crippen molar-refractivity contribution in [2.24, 2.45) is 20.0 Å². The van der Waals surface area contributed by atoms with Gasteiger partial charge in [-0.25, -0.2) is 14.5 Å². The molecule has 0 aromatic carbocycles. The van der Waals surface area contributed by atoms with Crippen molar-refractivity contribution in [3.8, 4) is 0 Å². The first-order valence-electron chi connectivity index (χ1n) is 8.19. The van der Waals surface area contributed by atoms with Gasteiger partial charge in [-0.2, -0.15) is 5.10 Å². The first kappa shape index (κ1) is 16.6. The van der Waals surface area contributed by atoms with Crippen molar-refractivity contribution in [2.75, 3.05) is 11.9 Å². The van der Waals surface area contributed by atoms with Crippen molar-refractivity contribution < 1.29 is 5.11 Å². The van der Waals surface area contributed by atoms with Crippen LogP contribution in [0, 0.1) is 19.8 Å².